The lowest BCUT2D eigenvalue weighted by molar-refractivity contribution is -0.136. The first-order chi connectivity index (χ1) is 31.2. The first-order valence-electron chi connectivity index (χ1n) is 20.1. The number of esters is 2. The molecule has 0 aliphatic heterocycles. The summed E-state index contributed by atoms with van der Waals surface area (Å²) in [4.78, 5) is 71.2. The van der Waals surface area contributed by atoms with Gasteiger partial charge in [-0.2, -0.15) is 0 Å². The third-order valence-corrected chi connectivity index (χ3v) is 9.05. The molecule has 3 aromatic carbocycles. The Balaban J connectivity index is 1.22. The monoisotopic (exact) mass is 887 g/mol. The van der Waals surface area contributed by atoms with Gasteiger partial charge in [0, 0.05) is 5.56 Å². The van der Waals surface area contributed by atoms with Crippen molar-refractivity contribution in [2.75, 3.05) is 35.2 Å². The fourth-order valence-electron chi connectivity index (χ4n) is 5.56. The number of carbonyl (C=O) groups excluding carboxylic acids is 5. The molecular weight excluding hydrogens is 839 g/mol. The number of para-hydroxylation sites is 1. The third-order valence-electron chi connectivity index (χ3n) is 9.05. The van der Waals surface area contributed by atoms with Gasteiger partial charge in [0.05, 0.1) is 12.6 Å². The van der Waals surface area contributed by atoms with Crippen LogP contribution in [0.4, 0.5) is 46.0 Å². The molecular formula is C43H49N15O7. The molecule has 0 spiro atoms. The summed E-state index contributed by atoms with van der Waals surface area (Å²) in [6.07, 6.45) is 1.84. The van der Waals surface area contributed by atoms with Crippen LogP contribution in [0, 0.1) is 0 Å². The first-order valence-corrected chi connectivity index (χ1v) is 20.1. The lowest BCUT2D eigenvalue weighted by Crippen LogP contribution is -2.36. The largest absolute Gasteiger partial charge is 0.423 e. The number of rotatable bonds is 20. The molecule has 5 rings (SSSR count). The van der Waals surface area contributed by atoms with Gasteiger partial charge in [-0.3, -0.25) is 14.4 Å². The molecule has 0 fully saturated rings. The van der Waals surface area contributed by atoms with Gasteiger partial charge in [0.1, 0.15) is 46.5 Å². The second-order valence-corrected chi connectivity index (χ2v) is 14.3. The lowest BCUT2D eigenvalue weighted by atomic mass is 10.1. The number of aromatic nitrogens is 2. The molecule has 3 atom stereocenters. The highest BCUT2D eigenvalue weighted by Gasteiger charge is 2.21. The van der Waals surface area contributed by atoms with E-state index in [1.807, 2.05) is 0 Å². The van der Waals surface area contributed by atoms with Gasteiger partial charge in [0.15, 0.2) is 23.1 Å². The molecule has 5 aromatic rings. The molecule has 22 nitrogen and oxygen atoms in total. The number of nitrogens with one attached hydrogen (secondary N) is 3. The Bertz CT molecular complexity index is 2550. The van der Waals surface area contributed by atoms with Gasteiger partial charge in [0.25, 0.3) is 5.91 Å². The fourth-order valence-corrected chi connectivity index (χ4v) is 5.56. The van der Waals surface area contributed by atoms with E-state index in [0.29, 0.717) is 30.5 Å². The highest BCUT2D eigenvalue weighted by atomic mass is 16.5. The predicted octanol–water partition coefficient (Wildman–Crippen LogP) is 3.96. The molecule has 3 amide bonds. The summed E-state index contributed by atoms with van der Waals surface area (Å²) < 4.78 is 11.1. The maximum atomic E-state index is 13.3. The minimum atomic E-state index is -1.20. The number of carbonyl (C=O) groups is 5. The zero-order valence-electron chi connectivity index (χ0n) is 35.2. The molecule has 2 heterocycles. The topological polar surface area (TPSA) is 371 Å². The number of pyridine rings is 2. The molecule has 0 radical (unpaired) electrons. The average molecular weight is 888 g/mol. The van der Waals surface area contributed by atoms with Crippen molar-refractivity contribution >= 4 is 75.7 Å². The van der Waals surface area contributed by atoms with Crippen molar-refractivity contribution in [3.05, 3.63) is 108 Å². The maximum Gasteiger partial charge on any atom is 0.328 e. The summed E-state index contributed by atoms with van der Waals surface area (Å²) in [6, 6.07) is 22.2. The van der Waals surface area contributed by atoms with Crippen molar-refractivity contribution in [2.45, 2.75) is 50.7 Å². The predicted molar refractivity (Wildman–Crippen MR) is 242 cm³/mol. The molecule has 0 bridgehead atoms. The second kappa shape index (κ2) is 23.4. The van der Waals surface area contributed by atoms with Crippen molar-refractivity contribution < 1.29 is 33.4 Å². The number of amides is 3. The first kappa shape index (κ1) is 48.0. The van der Waals surface area contributed by atoms with Crippen LogP contribution in [0.25, 0.3) is 0 Å². The number of nitrogens with zero attached hydrogens (tertiary/aromatic N) is 6. The Morgan fingerprint density at radius 1 is 0.646 bits per heavy atom. The van der Waals surface area contributed by atoms with E-state index in [0.717, 1.165) is 6.42 Å². The van der Waals surface area contributed by atoms with Gasteiger partial charge in [-0.15, -0.1) is 20.5 Å². The number of benzene rings is 3. The van der Waals surface area contributed by atoms with Crippen LogP contribution in [0.1, 0.15) is 42.1 Å². The Morgan fingerprint density at radius 2 is 1.23 bits per heavy atom. The van der Waals surface area contributed by atoms with Crippen LogP contribution in [-0.2, 0) is 25.6 Å². The quantitative estimate of drug-likeness (QED) is 0.0231. The van der Waals surface area contributed by atoms with Crippen LogP contribution < -0.4 is 59.8 Å². The van der Waals surface area contributed by atoms with Crippen LogP contribution >= 0.6 is 0 Å². The summed E-state index contributed by atoms with van der Waals surface area (Å²) >= 11 is 0. The average Bonchev–Trinajstić information content (AvgIpc) is 3.29. The van der Waals surface area contributed by atoms with Gasteiger partial charge in [0.2, 0.25) is 11.8 Å². The number of unbranched alkanes of at least 4 members (excludes halogenated alkanes) is 1. The van der Waals surface area contributed by atoms with Gasteiger partial charge >= 0.3 is 11.9 Å². The number of nitrogen functional groups attached to an aromatic ring is 2. The summed E-state index contributed by atoms with van der Waals surface area (Å²) in [5.41, 5.74) is 37.1. The normalized spacial score (nSPS) is 12.6. The number of hydrogen-bond donors (Lipinski definition) is 9. The van der Waals surface area contributed by atoms with Crippen molar-refractivity contribution in [2.24, 2.45) is 43.4 Å². The van der Waals surface area contributed by atoms with Crippen LogP contribution in [0.2, 0.25) is 0 Å². The van der Waals surface area contributed by atoms with Crippen molar-refractivity contribution in [3.63, 3.8) is 0 Å². The third kappa shape index (κ3) is 14.5. The van der Waals surface area contributed by atoms with Gasteiger partial charge < -0.3 is 59.8 Å². The molecule has 0 saturated heterocycles. The zero-order valence-corrected chi connectivity index (χ0v) is 35.2. The van der Waals surface area contributed by atoms with Gasteiger partial charge in [-0.05, 0) is 99.0 Å². The number of ether oxygens (including phenoxy) is 2. The molecule has 15 N–H and O–H groups in total. The van der Waals surface area contributed by atoms with Crippen LogP contribution in [-0.4, -0.2) is 70.8 Å². The molecule has 338 valence electrons. The van der Waals surface area contributed by atoms with E-state index in [4.69, 9.17) is 43.9 Å². The van der Waals surface area contributed by atoms with Crippen LogP contribution in [0.5, 0.6) is 11.5 Å². The number of azo groups is 2. The number of anilines is 4. The lowest BCUT2D eigenvalue weighted by Gasteiger charge is -2.14. The standard InChI is InChI=1S/C43H49N15O7/c1-24(45)42(62)64-34-17-14-25(22-32(34)58-57-31-16-19-36(53-39(31)49)54-41(61)27(46)11-7-8-20-44)21-28(47)43(63)65-33-13-6-5-12-29(33)55-56-30-15-18-35(52-38(30)48)51-37(59)23-50-40(60)26-9-3-2-4-10-26/h2-6,9-10,12-19,22,24,27-28H,7-8,11,20-21,23,44-47H2,1H3,(H,50,60)(H3,48,51,52,59)(H3,49,53,54,61)/b56-55+,58-57+/t24-,27-,28-/m0/s1. The minimum absolute atomic E-state index is 0.00836. The van der Waals surface area contributed by atoms with Crippen LogP contribution in [0.15, 0.2) is 118 Å². The Hall–Kier alpha value is -8.05. The van der Waals surface area contributed by atoms with Gasteiger partial charge in [-0.1, -0.05) is 42.8 Å². The van der Waals surface area contributed by atoms with E-state index in [2.05, 4.69) is 46.4 Å². The molecule has 2 aromatic heterocycles. The molecule has 0 unspecified atom stereocenters. The van der Waals surface area contributed by atoms with Crippen molar-refractivity contribution in [3.8, 4) is 11.5 Å². The SMILES string of the molecule is C[C@H](N)C(=O)Oc1ccc(C[C@H](N)C(=O)Oc2ccccc2/N=N/c2ccc(NC(=O)CNC(=O)c3ccccc3)nc2N)cc1/N=N/c1ccc(NC(=O)[C@@H](N)CCCCN)nc1N. The summed E-state index contributed by atoms with van der Waals surface area (Å²) in [5.74, 6) is -2.74. The van der Waals surface area contributed by atoms with E-state index < -0.39 is 47.8 Å². The molecule has 0 aliphatic carbocycles. The highest BCUT2D eigenvalue weighted by Crippen LogP contribution is 2.34. The smallest absolute Gasteiger partial charge is 0.328 e. The minimum Gasteiger partial charge on any atom is -0.423 e. The highest BCUT2D eigenvalue weighted by molar-refractivity contribution is 5.99. The van der Waals surface area contributed by atoms with E-state index in [-0.39, 0.29) is 70.5 Å². The number of nitrogens with two attached hydrogens (primary N) is 6. The van der Waals surface area contributed by atoms with E-state index in [1.54, 1.807) is 54.6 Å². The number of hydrogen-bond acceptors (Lipinski definition) is 19. The zero-order chi connectivity index (χ0) is 46.9. The van der Waals surface area contributed by atoms with Crippen LogP contribution in [0.3, 0.4) is 0 Å². The Labute approximate surface area is 372 Å². The molecule has 0 saturated carbocycles. The van der Waals surface area contributed by atoms with Crippen molar-refractivity contribution in [1.29, 1.82) is 0 Å². The Kier molecular flexibility index (Phi) is 17.3. The Morgan fingerprint density at radius 3 is 1.88 bits per heavy atom. The summed E-state index contributed by atoms with van der Waals surface area (Å²) in [5, 5.41) is 24.4. The summed E-state index contributed by atoms with van der Waals surface area (Å²) in [7, 11) is 0. The van der Waals surface area contributed by atoms with E-state index in [9.17, 15) is 24.0 Å². The second-order valence-electron chi connectivity index (χ2n) is 14.3. The maximum absolute atomic E-state index is 13.3. The van der Waals surface area contributed by atoms with Crippen molar-refractivity contribution in [1.82, 2.24) is 15.3 Å². The molecule has 65 heavy (non-hydrogen) atoms. The van der Waals surface area contributed by atoms with E-state index >= 15 is 0 Å². The molecule has 22 heteroatoms. The molecule has 0 aliphatic rings. The van der Waals surface area contributed by atoms with E-state index in [1.165, 1.54) is 49.4 Å². The fraction of sp³-hybridized carbons (Fsp3) is 0.233. The summed E-state index contributed by atoms with van der Waals surface area (Å²) in [6.45, 7) is 1.65. The van der Waals surface area contributed by atoms with Gasteiger partial charge in [-0.25, -0.2) is 19.6 Å².